The van der Waals surface area contributed by atoms with Crippen LogP contribution < -0.4 is 11.3 Å². The Hall–Kier alpha value is -1.68. The minimum Gasteiger partial charge on any atom is -0.372 e. The number of rotatable bonds is 5. The van der Waals surface area contributed by atoms with E-state index in [0.717, 1.165) is 13.0 Å². The van der Waals surface area contributed by atoms with Crippen LogP contribution in [0.25, 0.3) is 0 Å². The van der Waals surface area contributed by atoms with E-state index in [4.69, 9.17) is 10.6 Å². The lowest BCUT2D eigenvalue weighted by atomic mass is 9.95. The molecule has 0 aromatic heterocycles. The Balaban J connectivity index is 1.87. The van der Waals surface area contributed by atoms with Crippen LogP contribution in [0.1, 0.15) is 47.2 Å². The van der Waals surface area contributed by atoms with E-state index in [2.05, 4.69) is 54.8 Å². The lowest BCUT2D eigenvalue weighted by Crippen LogP contribution is -2.28. The number of ether oxygens (including phenoxy) is 1. The number of aryl methyl sites for hydroxylation is 1. The fraction of sp³-hybridized carbons (Fsp3) is 0.333. The highest BCUT2D eigenvalue weighted by Gasteiger charge is 2.17. The first-order valence-electron chi connectivity index (χ1n) is 7.56. The maximum Gasteiger partial charge on any atom is 0.0725 e. The third kappa shape index (κ3) is 3.00. The second-order valence-electron chi connectivity index (χ2n) is 5.61. The van der Waals surface area contributed by atoms with E-state index in [0.29, 0.717) is 6.61 Å². The molecule has 3 nitrogen and oxygen atoms in total. The van der Waals surface area contributed by atoms with Crippen LogP contribution >= 0.6 is 0 Å². The molecule has 0 saturated heterocycles. The number of nitrogens with one attached hydrogen (secondary N) is 1. The van der Waals surface area contributed by atoms with Crippen molar-refractivity contribution in [2.24, 2.45) is 5.84 Å². The highest BCUT2D eigenvalue weighted by atomic mass is 16.5. The zero-order valence-electron chi connectivity index (χ0n) is 12.4. The van der Waals surface area contributed by atoms with Crippen LogP contribution in [0.15, 0.2) is 42.5 Å². The van der Waals surface area contributed by atoms with Gasteiger partial charge in [-0.1, -0.05) is 55.8 Å². The van der Waals surface area contributed by atoms with Gasteiger partial charge in [0.2, 0.25) is 0 Å². The molecule has 1 unspecified atom stereocenters. The van der Waals surface area contributed by atoms with Crippen LogP contribution in [-0.2, 0) is 24.4 Å². The van der Waals surface area contributed by atoms with Crippen molar-refractivity contribution in [2.75, 3.05) is 0 Å². The summed E-state index contributed by atoms with van der Waals surface area (Å²) >= 11 is 0. The molecule has 3 N–H and O–H groups in total. The van der Waals surface area contributed by atoms with Crippen molar-refractivity contribution in [3.63, 3.8) is 0 Å². The molecule has 0 spiro atoms. The predicted molar refractivity (Wildman–Crippen MR) is 84.5 cm³/mol. The van der Waals surface area contributed by atoms with Gasteiger partial charge in [0.25, 0.3) is 0 Å². The molecule has 1 heterocycles. The van der Waals surface area contributed by atoms with Crippen LogP contribution in [0.5, 0.6) is 0 Å². The molecule has 1 aliphatic rings. The van der Waals surface area contributed by atoms with E-state index >= 15 is 0 Å². The van der Waals surface area contributed by atoms with E-state index in [1.165, 1.54) is 34.2 Å². The minimum atomic E-state index is 0.0200. The van der Waals surface area contributed by atoms with Crippen LogP contribution in [0.4, 0.5) is 0 Å². The van der Waals surface area contributed by atoms with Crippen LogP contribution in [-0.4, -0.2) is 0 Å². The molecular formula is C18H22N2O. The van der Waals surface area contributed by atoms with E-state index in [9.17, 15) is 0 Å². The first-order valence-corrected chi connectivity index (χ1v) is 7.56. The molecule has 0 aliphatic carbocycles. The average molecular weight is 282 g/mol. The molecule has 1 aliphatic heterocycles. The van der Waals surface area contributed by atoms with Crippen molar-refractivity contribution in [2.45, 2.75) is 39.0 Å². The van der Waals surface area contributed by atoms with Crippen molar-refractivity contribution >= 4 is 0 Å². The van der Waals surface area contributed by atoms with E-state index in [1.807, 2.05) is 0 Å². The molecule has 3 rings (SSSR count). The Bertz CT molecular complexity index is 607. The average Bonchev–Trinajstić information content (AvgIpc) is 2.98. The summed E-state index contributed by atoms with van der Waals surface area (Å²) in [5, 5.41) is 0. The lowest BCUT2D eigenvalue weighted by molar-refractivity contribution is 0.134. The Labute approximate surface area is 126 Å². The molecule has 0 fully saturated rings. The maximum atomic E-state index is 5.80. The van der Waals surface area contributed by atoms with Gasteiger partial charge in [-0.25, -0.2) is 5.43 Å². The lowest BCUT2D eigenvalue weighted by Gasteiger charge is -2.18. The van der Waals surface area contributed by atoms with Gasteiger partial charge in [-0.15, -0.1) is 0 Å². The zero-order valence-corrected chi connectivity index (χ0v) is 12.4. The summed E-state index contributed by atoms with van der Waals surface area (Å²) in [5.41, 5.74) is 9.25. The molecular weight excluding hydrogens is 260 g/mol. The fourth-order valence-corrected chi connectivity index (χ4v) is 2.92. The summed E-state index contributed by atoms with van der Waals surface area (Å²) in [7, 11) is 0. The molecule has 3 heteroatoms. The topological polar surface area (TPSA) is 47.3 Å². The van der Waals surface area contributed by atoms with Crippen molar-refractivity contribution in [3.8, 4) is 0 Å². The minimum absolute atomic E-state index is 0.0200. The van der Waals surface area contributed by atoms with Gasteiger partial charge in [0, 0.05) is 0 Å². The molecule has 0 radical (unpaired) electrons. The van der Waals surface area contributed by atoms with Gasteiger partial charge in [0.1, 0.15) is 0 Å². The quantitative estimate of drug-likeness (QED) is 0.654. The summed E-state index contributed by atoms with van der Waals surface area (Å²) in [4.78, 5) is 0. The molecule has 2 aromatic carbocycles. The summed E-state index contributed by atoms with van der Waals surface area (Å²) < 4.78 is 5.48. The summed E-state index contributed by atoms with van der Waals surface area (Å²) in [6.45, 7) is 3.63. The Kier molecular flexibility index (Phi) is 4.34. The second kappa shape index (κ2) is 6.39. The van der Waals surface area contributed by atoms with Crippen molar-refractivity contribution < 1.29 is 4.74 Å². The fourth-order valence-electron chi connectivity index (χ4n) is 2.92. The number of benzene rings is 2. The number of hydrogen-bond donors (Lipinski definition) is 2. The molecule has 2 aromatic rings. The molecule has 21 heavy (non-hydrogen) atoms. The van der Waals surface area contributed by atoms with Crippen LogP contribution in [0, 0.1) is 0 Å². The Morgan fingerprint density at radius 2 is 1.76 bits per heavy atom. The number of hydrazine groups is 1. The summed E-state index contributed by atoms with van der Waals surface area (Å²) in [5.74, 6) is 5.80. The highest BCUT2D eigenvalue weighted by Crippen LogP contribution is 2.27. The van der Waals surface area contributed by atoms with Gasteiger partial charge < -0.3 is 4.74 Å². The van der Waals surface area contributed by atoms with Crippen LogP contribution in [0.2, 0.25) is 0 Å². The number of hydrogen-bond acceptors (Lipinski definition) is 3. The van der Waals surface area contributed by atoms with Crippen molar-refractivity contribution in [1.29, 1.82) is 0 Å². The standard InChI is InChI=1S/C18H22N2O/c1-2-3-13-4-6-14(7-5-13)18(20-19)15-8-9-16-11-21-12-17(16)10-15/h4-10,18,20H,2-3,11-12,19H2,1H3. The third-order valence-corrected chi connectivity index (χ3v) is 4.10. The number of fused-ring (bicyclic) bond motifs is 1. The molecule has 1 atom stereocenters. The Morgan fingerprint density at radius 3 is 2.48 bits per heavy atom. The van der Waals surface area contributed by atoms with Gasteiger partial charge in [-0.3, -0.25) is 5.84 Å². The second-order valence-corrected chi connectivity index (χ2v) is 5.61. The Morgan fingerprint density at radius 1 is 1.05 bits per heavy atom. The van der Waals surface area contributed by atoms with Crippen molar-refractivity contribution in [3.05, 3.63) is 70.3 Å². The van der Waals surface area contributed by atoms with E-state index < -0.39 is 0 Å². The van der Waals surface area contributed by atoms with Gasteiger partial charge >= 0.3 is 0 Å². The van der Waals surface area contributed by atoms with Crippen LogP contribution in [0.3, 0.4) is 0 Å². The highest BCUT2D eigenvalue weighted by molar-refractivity contribution is 5.39. The first-order chi connectivity index (χ1) is 10.3. The smallest absolute Gasteiger partial charge is 0.0725 e. The predicted octanol–water partition coefficient (Wildman–Crippen LogP) is 3.22. The molecule has 110 valence electrons. The first kappa shape index (κ1) is 14.3. The van der Waals surface area contributed by atoms with Gasteiger partial charge in [0.15, 0.2) is 0 Å². The molecule has 0 amide bonds. The van der Waals surface area contributed by atoms with Gasteiger partial charge in [-0.2, -0.15) is 0 Å². The monoisotopic (exact) mass is 282 g/mol. The zero-order chi connectivity index (χ0) is 14.7. The van der Waals surface area contributed by atoms with E-state index in [1.54, 1.807) is 0 Å². The van der Waals surface area contributed by atoms with Crippen molar-refractivity contribution in [1.82, 2.24) is 5.43 Å². The summed E-state index contributed by atoms with van der Waals surface area (Å²) in [6.07, 6.45) is 2.29. The normalized spacial score (nSPS) is 15.0. The third-order valence-electron chi connectivity index (χ3n) is 4.10. The molecule has 0 saturated carbocycles. The number of nitrogens with two attached hydrogens (primary N) is 1. The molecule has 0 bridgehead atoms. The van der Waals surface area contributed by atoms with Gasteiger partial charge in [-0.05, 0) is 34.2 Å². The van der Waals surface area contributed by atoms with Gasteiger partial charge in [0.05, 0.1) is 19.3 Å². The maximum absolute atomic E-state index is 5.80. The summed E-state index contributed by atoms with van der Waals surface area (Å²) in [6, 6.07) is 15.2. The van der Waals surface area contributed by atoms with E-state index in [-0.39, 0.29) is 6.04 Å². The SMILES string of the molecule is CCCc1ccc(C(NN)c2ccc3c(c2)COC3)cc1. The largest absolute Gasteiger partial charge is 0.372 e.